The van der Waals surface area contributed by atoms with Crippen molar-refractivity contribution in [3.63, 3.8) is 0 Å². The normalized spacial score (nSPS) is 9.50. The fraction of sp³-hybridized carbons (Fsp3) is 0.833. The molecule has 0 rings (SSSR count). The Bertz CT molecular complexity index is 103. The molecule has 0 aliphatic heterocycles. The summed E-state index contributed by atoms with van der Waals surface area (Å²) in [5.74, 6) is 2.30. The van der Waals surface area contributed by atoms with Gasteiger partial charge in [0.15, 0.2) is 0 Å². The van der Waals surface area contributed by atoms with Crippen LogP contribution in [0.4, 0.5) is 0 Å². The molecule has 0 saturated heterocycles. The van der Waals surface area contributed by atoms with Crippen LogP contribution in [0.25, 0.3) is 0 Å². The van der Waals surface area contributed by atoms with Gasteiger partial charge in [0.1, 0.15) is 4.32 Å². The molecule has 0 fully saturated rings. The number of thioether (sulfide) groups is 2. The zero-order chi connectivity index (χ0) is 7.98. The molecular formula is C6H13NS3. The molecular weight excluding hydrogens is 182 g/mol. The zero-order valence-corrected chi connectivity index (χ0v) is 9.04. The van der Waals surface area contributed by atoms with Gasteiger partial charge in [-0.25, -0.2) is 0 Å². The molecule has 0 atom stereocenters. The minimum absolute atomic E-state index is 0.981. The van der Waals surface area contributed by atoms with E-state index in [-0.39, 0.29) is 0 Å². The lowest BCUT2D eigenvalue weighted by molar-refractivity contribution is 0.648. The van der Waals surface area contributed by atoms with Crippen LogP contribution in [-0.2, 0) is 0 Å². The number of rotatable bonds is 3. The van der Waals surface area contributed by atoms with Crippen molar-refractivity contribution in [2.45, 2.75) is 0 Å². The lowest BCUT2D eigenvalue weighted by atomic mass is 11.0. The van der Waals surface area contributed by atoms with Crippen molar-refractivity contribution in [3.05, 3.63) is 0 Å². The largest absolute Gasteiger partial charge is 0.364 e. The molecule has 0 radical (unpaired) electrons. The third-order valence-electron chi connectivity index (χ3n) is 0.878. The van der Waals surface area contributed by atoms with Crippen LogP contribution in [0.5, 0.6) is 0 Å². The van der Waals surface area contributed by atoms with Crippen LogP contribution in [0.3, 0.4) is 0 Å². The van der Waals surface area contributed by atoms with E-state index in [9.17, 15) is 0 Å². The van der Waals surface area contributed by atoms with Crippen LogP contribution in [0.2, 0.25) is 0 Å². The highest BCUT2D eigenvalue weighted by Crippen LogP contribution is 2.08. The van der Waals surface area contributed by atoms with E-state index in [1.54, 1.807) is 11.8 Å². The van der Waals surface area contributed by atoms with E-state index in [1.165, 1.54) is 5.75 Å². The lowest BCUT2D eigenvalue weighted by Gasteiger charge is -2.11. The molecule has 0 aliphatic carbocycles. The van der Waals surface area contributed by atoms with Crippen LogP contribution in [-0.4, -0.2) is 41.1 Å². The highest BCUT2D eigenvalue weighted by Gasteiger charge is 1.97. The average molecular weight is 195 g/mol. The molecule has 0 unspecified atom stereocenters. The second-order valence-electron chi connectivity index (χ2n) is 2.00. The van der Waals surface area contributed by atoms with Gasteiger partial charge in [-0.15, -0.1) is 0 Å². The van der Waals surface area contributed by atoms with E-state index >= 15 is 0 Å². The Morgan fingerprint density at radius 1 is 1.40 bits per heavy atom. The predicted molar refractivity (Wildman–Crippen MR) is 57.1 cm³/mol. The summed E-state index contributed by atoms with van der Waals surface area (Å²) in [6.45, 7) is 0. The summed E-state index contributed by atoms with van der Waals surface area (Å²) in [6.07, 6.45) is 2.11. The highest BCUT2D eigenvalue weighted by molar-refractivity contribution is 8.23. The van der Waals surface area contributed by atoms with Gasteiger partial charge in [0.05, 0.1) is 0 Å². The van der Waals surface area contributed by atoms with Gasteiger partial charge in [0, 0.05) is 25.6 Å². The molecule has 0 amide bonds. The Kier molecular flexibility index (Phi) is 6.68. The summed E-state index contributed by atoms with van der Waals surface area (Å²) in [5, 5.41) is 0. The first-order valence-corrected chi connectivity index (χ1v) is 5.80. The summed E-state index contributed by atoms with van der Waals surface area (Å²) in [5.41, 5.74) is 0. The third kappa shape index (κ3) is 5.38. The van der Waals surface area contributed by atoms with E-state index in [2.05, 4.69) is 6.26 Å². The number of hydrogen-bond donors (Lipinski definition) is 0. The van der Waals surface area contributed by atoms with E-state index in [4.69, 9.17) is 12.2 Å². The molecule has 1 nitrogen and oxygen atoms in total. The molecule has 0 bridgehead atoms. The topological polar surface area (TPSA) is 3.24 Å². The summed E-state index contributed by atoms with van der Waals surface area (Å²) in [6, 6.07) is 0. The molecule has 4 heteroatoms. The maximum absolute atomic E-state index is 5.07. The zero-order valence-electron chi connectivity index (χ0n) is 6.59. The van der Waals surface area contributed by atoms with Crippen molar-refractivity contribution in [1.82, 2.24) is 4.90 Å². The van der Waals surface area contributed by atoms with E-state index in [0.29, 0.717) is 0 Å². The Morgan fingerprint density at radius 2 is 2.00 bits per heavy atom. The van der Waals surface area contributed by atoms with Gasteiger partial charge < -0.3 is 4.90 Å². The van der Waals surface area contributed by atoms with Crippen LogP contribution >= 0.6 is 35.7 Å². The molecule has 0 aromatic heterocycles. The van der Waals surface area contributed by atoms with Crippen LogP contribution in [0, 0.1) is 0 Å². The van der Waals surface area contributed by atoms with E-state index in [0.717, 1.165) is 10.1 Å². The van der Waals surface area contributed by atoms with Crippen LogP contribution < -0.4 is 0 Å². The first kappa shape index (κ1) is 10.6. The van der Waals surface area contributed by atoms with Gasteiger partial charge in [-0.05, 0) is 6.26 Å². The van der Waals surface area contributed by atoms with Crippen molar-refractivity contribution in [3.8, 4) is 0 Å². The fourth-order valence-corrected chi connectivity index (χ4v) is 2.02. The van der Waals surface area contributed by atoms with Crippen molar-refractivity contribution in [1.29, 1.82) is 0 Å². The van der Waals surface area contributed by atoms with E-state index in [1.807, 2.05) is 30.8 Å². The molecule has 0 saturated carbocycles. The lowest BCUT2D eigenvalue weighted by Crippen LogP contribution is -2.16. The number of hydrogen-bond acceptors (Lipinski definition) is 3. The Labute approximate surface area is 76.9 Å². The minimum atomic E-state index is 0.981. The predicted octanol–water partition coefficient (Wildman–Crippen LogP) is 1.93. The van der Waals surface area contributed by atoms with Crippen molar-refractivity contribution in [2.75, 3.05) is 31.9 Å². The summed E-state index contributed by atoms with van der Waals surface area (Å²) >= 11 is 8.67. The molecule has 0 aromatic carbocycles. The maximum atomic E-state index is 5.07. The van der Waals surface area contributed by atoms with Gasteiger partial charge in [0.25, 0.3) is 0 Å². The smallest absolute Gasteiger partial charge is 0.135 e. The molecule has 60 valence electrons. The SMILES string of the molecule is CSCCSC(=S)N(C)C. The van der Waals surface area contributed by atoms with Gasteiger partial charge in [-0.1, -0.05) is 24.0 Å². The Hall–Kier alpha value is 0.590. The Balaban J connectivity index is 3.22. The van der Waals surface area contributed by atoms with Gasteiger partial charge >= 0.3 is 0 Å². The van der Waals surface area contributed by atoms with Crippen LogP contribution in [0.1, 0.15) is 0 Å². The first-order valence-electron chi connectivity index (χ1n) is 3.01. The van der Waals surface area contributed by atoms with Crippen molar-refractivity contribution < 1.29 is 0 Å². The van der Waals surface area contributed by atoms with Gasteiger partial charge in [-0.3, -0.25) is 0 Å². The molecule has 0 N–H and O–H groups in total. The molecule has 10 heavy (non-hydrogen) atoms. The number of thiocarbonyl (C=S) groups is 1. The monoisotopic (exact) mass is 195 g/mol. The first-order chi connectivity index (χ1) is 4.68. The third-order valence-corrected chi connectivity index (χ3v) is 3.49. The van der Waals surface area contributed by atoms with E-state index < -0.39 is 0 Å². The van der Waals surface area contributed by atoms with Crippen molar-refractivity contribution in [2.24, 2.45) is 0 Å². The molecule has 0 aliphatic rings. The average Bonchev–Trinajstić information content (AvgIpc) is 1.88. The number of nitrogens with zero attached hydrogens (tertiary/aromatic N) is 1. The highest BCUT2D eigenvalue weighted by atomic mass is 32.2. The second-order valence-corrected chi connectivity index (χ2v) is 4.72. The van der Waals surface area contributed by atoms with Crippen LogP contribution in [0.15, 0.2) is 0 Å². The minimum Gasteiger partial charge on any atom is -0.364 e. The quantitative estimate of drug-likeness (QED) is 0.500. The summed E-state index contributed by atoms with van der Waals surface area (Å²) in [4.78, 5) is 1.97. The summed E-state index contributed by atoms with van der Waals surface area (Å²) in [7, 11) is 3.96. The molecule has 0 heterocycles. The Morgan fingerprint density at radius 3 is 2.40 bits per heavy atom. The molecule has 0 aromatic rings. The van der Waals surface area contributed by atoms with Gasteiger partial charge in [-0.2, -0.15) is 11.8 Å². The van der Waals surface area contributed by atoms with Gasteiger partial charge in [0.2, 0.25) is 0 Å². The van der Waals surface area contributed by atoms with Crippen molar-refractivity contribution >= 4 is 40.1 Å². The second kappa shape index (κ2) is 6.31. The standard InChI is InChI=1S/C6H13NS3/c1-7(2)6(8)10-5-4-9-3/h4-5H2,1-3H3. The maximum Gasteiger partial charge on any atom is 0.135 e. The molecule has 0 spiro atoms. The fourth-order valence-electron chi connectivity index (χ4n) is 0.341. The summed E-state index contributed by atoms with van der Waals surface area (Å²) < 4.78 is 0.981.